The molecule has 0 fully saturated rings. The Labute approximate surface area is 94.9 Å². The quantitative estimate of drug-likeness (QED) is 0.787. The first-order chi connectivity index (χ1) is 6.81. The lowest BCUT2D eigenvalue weighted by Gasteiger charge is -2.03. The van der Waals surface area contributed by atoms with Crippen LogP contribution in [0.3, 0.4) is 0 Å². The van der Waals surface area contributed by atoms with Gasteiger partial charge in [-0.05, 0) is 24.3 Å². The molecule has 0 saturated carbocycles. The standard InChI is InChI=1S/C9H7BrClN3/c10-7-1-3-8(4-2-7)14-6-12-13-9(14)5-11/h1-4,6H,5H2. The summed E-state index contributed by atoms with van der Waals surface area (Å²) in [6.07, 6.45) is 1.65. The molecule has 0 aliphatic rings. The summed E-state index contributed by atoms with van der Waals surface area (Å²) in [5.74, 6) is 1.10. The van der Waals surface area contributed by atoms with Gasteiger partial charge in [0.25, 0.3) is 0 Å². The molecule has 0 amide bonds. The average Bonchev–Trinajstić information content (AvgIpc) is 2.67. The Balaban J connectivity index is 2.44. The molecule has 0 radical (unpaired) electrons. The fraction of sp³-hybridized carbons (Fsp3) is 0.111. The van der Waals surface area contributed by atoms with E-state index in [2.05, 4.69) is 26.1 Å². The molecule has 14 heavy (non-hydrogen) atoms. The zero-order chi connectivity index (χ0) is 9.97. The van der Waals surface area contributed by atoms with Gasteiger partial charge in [0.1, 0.15) is 6.33 Å². The molecule has 0 atom stereocenters. The van der Waals surface area contributed by atoms with Gasteiger partial charge in [-0.15, -0.1) is 21.8 Å². The van der Waals surface area contributed by atoms with Crippen molar-refractivity contribution in [3.05, 3.63) is 40.9 Å². The molecular formula is C9H7BrClN3. The van der Waals surface area contributed by atoms with Crippen LogP contribution in [0, 0.1) is 0 Å². The zero-order valence-corrected chi connectivity index (χ0v) is 9.53. The van der Waals surface area contributed by atoms with E-state index in [1.165, 1.54) is 0 Å². The number of alkyl halides is 1. The SMILES string of the molecule is ClCc1nncn1-c1ccc(Br)cc1. The molecule has 1 heterocycles. The Morgan fingerprint density at radius 3 is 2.64 bits per heavy atom. The molecule has 3 nitrogen and oxygen atoms in total. The van der Waals surface area contributed by atoms with Crippen molar-refractivity contribution < 1.29 is 0 Å². The Morgan fingerprint density at radius 2 is 2.00 bits per heavy atom. The lowest BCUT2D eigenvalue weighted by Crippen LogP contribution is -1.97. The van der Waals surface area contributed by atoms with Gasteiger partial charge in [0.05, 0.1) is 5.88 Å². The first kappa shape index (κ1) is 9.68. The summed E-state index contributed by atoms with van der Waals surface area (Å²) >= 11 is 9.10. The smallest absolute Gasteiger partial charge is 0.152 e. The van der Waals surface area contributed by atoms with Crippen LogP contribution >= 0.6 is 27.5 Å². The van der Waals surface area contributed by atoms with Gasteiger partial charge in [0, 0.05) is 10.2 Å². The first-order valence-electron chi connectivity index (χ1n) is 4.02. The molecule has 1 aromatic carbocycles. The van der Waals surface area contributed by atoms with Crippen LogP contribution in [0.15, 0.2) is 35.1 Å². The predicted molar refractivity (Wildman–Crippen MR) is 58.6 cm³/mol. The van der Waals surface area contributed by atoms with Gasteiger partial charge in [-0.3, -0.25) is 4.57 Å². The van der Waals surface area contributed by atoms with Crippen molar-refractivity contribution in [2.24, 2.45) is 0 Å². The highest BCUT2D eigenvalue weighted by atomic mass is 79.9. The second kappa shape index (κ2) is 4.11. The predicted octanol–water partition coefficient (Wildman–Crippen LogP) is 2.77. The Kier molecular flexibility index (Phi) is 2.84. The Hall–Kier alpha value is -0.870. The van der Waals surface area contributed by atoms with E-state index >= 15 is 0 Å². The van der Waals surface area contributed by atoms with Gasteiger partial charge in [-0.2, -0.15) is 0 Å². The summed E-state index contributed by atoms with van der Waals surface area (Å²) in [7, 11) is 0. The van der Waals surface area contributed by atoms with Crippen LogP contribution in [0.25, 0.3) is 5.69 Å². The fourth-order valence-corrected chi connectivity index (χ4v) is 1.61. The molecule has 1 aromatic heterocycles. The molecule has 72 valence electrons. The molecule has 0 saturated heterocycles. The number of benzene rings is 1. The van der Waals surface area contributed by atoms with E-state index in [-0.39, 0.29) is 0 Å². The topological polar surface area (TPSA) is 30.7 Å². The Morgan fingerprint density at radius 1 is 1.29 bits per heavy atom. The van der Waals surface area contributed by atoms with E-state index in [1.54, 1.807) is 6.33 Å². The highest BCUT2D eigenvalue weighted by Crippen LogP contribution is 2.15. The second-order valence-electron chi connectivity index (χ2n) is 2.73. The first-order valence-corrected chi connectivity index (χ1v) is 5.35. The summed E-state index contributed by atoms with van der Waals surface area (Å²) in [6.45, 7) is 0. The molecule has 0 aliphatic heterocycles. The maximum Gasteiger partial charge on any atom is 0.152 e. The Bertz CT molecular complexity index is 424. The number of hydrogen-bond acceptors (Lipinski definition) is 2. The largest absolute Gasteiger partial charge is 0.285 e. The van der Waals surface area contributed by atoms with E-state index in [0.717, 1.165) is 16.0 Å². The summed E-state index contributed by atoms with van der Waals surface area (Å²) in [5.41, 5.74) is 1.01. The summed E-state index contributed by atoms with van der Waals surface area (Å²) in [5, 5.41) is 7.71. The van der Waals surface area contributed by atoms with Gasteiger partial charge in [-0.25, -0.2) is 0 Å². The fourth-order valence-electron chi connectivity index (χ4n) is 1.17. The van der Waals surface area contributed by atoms with E-state index in [4.69, 9.17) is 11.6 Å². The molecule has 0 unspecified atom stereocenters. The van der Waals surface area contributed by atoms with Crippen LogP contribution in [-0.4, -0.2) is 14.8 Å². The minimum absolute atomic E-state index is 0.357. The molecule has 0 N–H and O–H groups in total. The van der Waals surface area contributed by atoms with Crippen molar-refractivity contribution >= 4 is 27.5 Å². The number of halogens is 2. The van der Waals surface area contributed by atoms with Gasteiger partial charge in [-0.1, -0.05) is 15.9 Å². The minimum atomic E-state index is 0.357. The summed E-state index contributed by atoms with van der Waals surface area (Å²) in [6, 6.07) is 7.88. The lowest BCUT2D eigenvalue weighted by atomic mass is 10.3. The molecule has 0 bridgehead atoms. The maximum atomic E-state index is 5.72. The van der Waals surface area contributed by atoms with Crippen molar-refractivity contribution in [2.75, 3.05) is 0 Å². The monoisotopic (exact) mass is 271 g/mol. The van der Waals surface area contributed by atoms with Crippen LogP contribution in [0.2, 0.25) is 0 Å². The third kappa shape index (κ3) is 1.81. The molecule has 0 spiro atoms. The van der Waals surface area contributed by atoms with E-state index in [9.17, 15) is 0 Å². The number of hydrogen-bond donors (Lipinski definition) is 0. The van der Waals surface area contributed by atoms with Gasteiger partial charge in [0.15, 0.2) is 5.82 Å². The second-order valence-corrected chi connectivity index (χ2v) is 3.91. The van der Waals surface area contributed by atoms with Crippen LogP contribution in [0.1, 0.15) is 5.82 Å². The van der Waals surface area contributed by atoms with Crippen molar-refractivity contribution in [3.8, 4) is 5.69 Å². The third-order valence-electron chi connectivity index (χ3n) is 1.84. The third-order valence-corrected chi connectivity index (χ3v) is 2.61. The summed E-state index contributed by atoms with van der Waals surface area (Å²) < 4.78 is 2.90. The van der Waals surface area contributed by atoms with Crippen molar-refractivity contribution in [1.29, 1.82) is 0 Å². The highest BCUT2D eigenvalue weighted by Gasteiger charge is 2.03. The van der Waals surface area contributed by atoms with E-state index in [0.29, 0.717) is 5.88 Å². The maximum absolute atomic E-state index is 5.72. The van der Waals surface area contributed by atoms with Gasteiger partial charge >= 0.3 is 0 Å². The average molecular weight is 273 g/mol. The van der Waals surface area contributed by atoms with Crippen molar-refractivity contribution in [3.63, 3.8) is 0 Å². The number of rotatable bonds is 2. The molecule has 2 aromatic rings. The van der Waals surface area contributed by atoms with Crippen LogP contribution in [0.4, 0.5) is 0 Å². The minimum Gasteiger partial charge on any atom is -0.285 e. The van der Waals surface area contributed by atoms with Crippen LogP contribution in [0.5, 0.6) is 0 Å². The van der Waals surface area contributed by atoms with Crippen LogP contribution in [-0.2, 0) is 5.88 Å². The number of aromatic nitrogens is 3. The molecular weight excluding hydrogens is 265 g/mol. The zero-order valence-electron chi connectivity index (χ0n) is 7.19. The summed E-state index contributed by atoms with van der Waals surface area (Å²) in [4.78, 5) is 0. The van der Waals surface area contributed by atoms with Crippen molar-refractivity contribution in [2.45, 2.75) is 5.88 Å². The van der Waals surface area contributed by atoms with Crippen LogP contribution < -0.4 is 0 Å². The lowest BCUT2D eigenvalue weighted by molar-refractivity contribution is 0.951. The highest BCUT2D eigenvalue weighted by molar-refractivity contribution is 9.10. The van der Waals surface area contributed by atoms with Crippen molar-refractivity contribution in [1.82, 2.24) is 14.8 Å². The normalized spacial score (nSPS) is 10.4. The van der Waals surface area contributed by atoms with Gasteiger partial charge < -0.3 is 0 Å². The molecule has 5 heteroatoms. The molecule has 2 rings (SSSR count). The van der Waals surface area contributed by atoms with E-state index in [1.807, 2.05) is 28.8 Å². The number of nitrogens with zero attached hydrogens (tertiary/aromatic N) is 3. The van der Waals surface area contributed by atoms with E-state index < -0.39 is 0 Å². The van der Waals surface area contributed by atoms with Gasteiger partial charge in [0.2, 0.25) is 0 Å². The molecule has 0 aliphatic carbocycles.